The Morgan fingerprint density at radius 2 is 1.61 bits per heavy atom. The summed E-state index contributed by atoms with van der Waals surface area (Å²) < 4.78 is 0. The summed E-state index contributed by atoms with van der Waals surface area (Å²) in [4.78, 5) is 11.4. The minimum Gasteiger partial charge on any atom is -0.345 e. The molecule has 1 atom stereocenters. The fourth-order valence-electron chi connectivity index (χ4n) is 2.10. The molecular formula is C16H17NO. The van der Waals surface area contributed by atoms with E-state index in [9.17, 15) is 4.79 Å². The van der Waals surface area contributed by atoms with Crippen molar-refractivity contribution in [3.63, 3.8) is 0 Å². The molecule has 0 bridgehead atoms. The van der Waals surface area contributed by atoms with Crippen LogP contribution in [0, 0.1) is 6.92 Å². The largest absolute Gasteiger partial charge is 0.345 e. The van der Waals surface area contributed by atoms with E-state index in [-0.39, 0.29) is 11.9 Å². The standard InChI is InChI=1S/C16H17NO/c1-12-8-6-7-11-15(12)16(17-13(2)18)14-9-4-3-5-10-14/h3-11,16H,1-2H3,(H,17,18)/t16-/m0/s1. The van der Waals surface area contributed by atoms with Crippen LogP contribution in [0.25, 0.3) is 0 Å². The number of hydrogen-bond acceptors (Lipinski definition) is 1. The van der Waals surface area contributed by atoms with Crippen LogP contribution in [0.15, 0.2) is 54.6 Å². The van der Waals surface area contributed by atoms with Crippen molar-refractivity contribution < 1.29 is 4.79 Å². The fraction of sp³-hybridized carbons (Fsp3) is 0.188. The SMILES string of the molecule is CC(=O)N[C@@H](c1ccccc1)c1ccccc1C. The third kappa shape index (κ3) is 2.77. The first kappa shape index (κ1) is 12.4. The average molecular weight is 239 g/mol. The minimum absolute atomic E-state index is 0.0212. The van der Waals surface area contributed by atoms with E-state index >= 15 is 0 Å². The van der Waals surface area contributed by atoms with Crippen LogP contribution < -0.4 is 5.32 Å². The number of nitrogens with one attached hydrogen (secondary N) is 1. The van der Waals surface area contributed by atoms with Gasteiger partial charge in [-0.3, -0.25) is 4.79 Å². The summed E-state index contributed by atoms with van der Waals surface area (Å²) >= 11 is 0. The van der Waals surface area contributed by atoms with E-state index < -0.39 is 0 Å². The number of benzene rings is 2. The highest BCUT2D eigenvalue weighted by Gasteiger charge is 2.16. The Kier molecular flexibility index (Phi) is 3.78. The zero-order valence-corrected chi connectivity index (χ0v) is 10.7. The first-order valence-electron chi connectivity index (χ1n) is 6.06. The van der Waals surface area contributed by atoms with Crippen molar-refractivity contribution in [3.8, 4) is 0 Å². The van der Waals surface area contributed by atoms with Gasteiger partial charge in [0.25, 0.3) is 0 Å². The lowest BCUT2D eigenvalue weighted by molar-refractivity contribution is -0.119. The third-order valence-corrected chi connectivity index (χ3v) is 2.98. The molecule has 0 spiro atoms. The Bertz CT molecular complexity index is 534. The van der Waals surface area contributed by atoms with Gasteiger partial charge in [0.05, 0.1) is 6.04 Å². The topological polar surface area (TPSA) is 29.1 Å². The summed E-state index contributed by atoms with van der Waals surface area (Å²) in [6, 6.07) is 18.1. The van der Waals surface area contributed by atoms with Gasteiger partial charge in [-0.05, 0) is 23.6 Å². The van der Waals surface area contributed by atoms with Gasteiger partial charge in [0.15, 0.2) is 0 Å². The summed E-state index contributed by atoms with van der Waals surface area (Å²) in [5.74, 6) is -0.0212. The van der Waals surface area contributed by atoms with Crippen molar-refractivity contribution in [3.05, 3.63) is 71.3 Å². The van der Waals surface area contributed by atoms with Gasteiger partial charge in [0, 0.05) is 6.92 Å². The van der Waals surface area contributed by atoms with Crippen molar-refractivity contribution in [2.75, 3.05) is 0 Å². The third-order valence-electron chi connectivity index (χ3n) is 2.98. The van der Waals surface area contributed by atoms with E-state index in [1.54, 1.807) is 6.92 Å². The number of amides is 1. The van der Waals surface area contributed by atoms with Crippen molar-refractivity contribution >= 4 is 5.91 Å². The van der Waals surface area contributed by atoms with Crippen LogP contribution >= 0.6 is 0 Å². The second-order valence-corrected chi connectivity index (χ2v) is 4.40. The lowest BCUT2D eigenvalue weighted by Crippen LogP contribution is -2.27. The molecule has 0 saturated heterocycles. The predicted molar refractivity (Wildman–Crippen MR) is 73.3 cm³/mol. The quantitative estimate of drug-likeness (QED) is 0.875. The molecule has 2 nitrogen and oxygen atoms in total. The van der Waals surface area contributed by atoms with Crippen molar-refractivity contribution in [1.82, 2.24) is 5.32 Å². The maximum atomic E-state index is 11.4. The van der Waals surface area contributed by atoms with Gasteiger partial charge in [-0.1, -0.05) is 54.6 Å². The van der Waals surface area contributed by atoms with Gasteiger partial charge in [0.1, 0.15) is 0 Å². The Morgan fingerprint density at radius 3 is 2.22 bits per heavy atom. The molecule has 2 aromatic rings. The van der Waals surface area contributed by atoms with E-state index in [0.717, 1.165) is 11.1 Å². The summed E-state index contributed by atoms with van der Waals surface area (Å²) in [5, 5.41) is 3.01. The fourth-order valence-corrected chi connectivity index (χ4v) is 2.10. The van der Waals surface area contributed by atoms with Gasteiger partial charge in [-0.15, -0.1) is 0 Å². The highest BCUT2D eigenvalue weighted by molar-refractivity contribution is 5.74. The van der Waals surface area contributed by atoms with Crippen LogP contribution in [-0.2, 0) is 4.79 Å². The maximum absolute atomic E-state index is 11.4. The highest BCUT2D eigenvalue weighted by Crippen LogP contribution is 2.24. The molecule has 0 unspecified atom stereocenters. The second-order valence-electron chi connectivity index (χ2n) is 4.40. The Labute approximate surface area is 108 Å². The molecule has 0 heterocycles. The van der Waals surface area contributed by atoms with E-state index in [4.69, 9.17) is 0 Å². The average Bonchev–Trinajstić information content (AvgIpc) is 2.38. The molecule has 0 aromatic heterocycles. The number of carbonyl (C=O) groups excluding carboxylic acids is 1. The Morgan fingerprint density at radius 1 is 1.00 bits per heavy atom. The molecule has 2 heteroatoms. The molecule has 0 fully saturated rings. The van der Waals surface area contributed by atoms with E-state index in [2.05, 4.69) is 24.4 Å². The molecule has 18 heavy (non-hydrogen) atoms. The Balaban J connectivity index is 2.44. The van der Waals surface area contributed by atoms with Gasteiger partial charge >= 0.3 is 0 Å². The maximum Gasteiger partial charge on any atom is 0.217 e. The normalized spacial score (nSPS) is 11.9. The lowest BCUT2D eigenvalue weighted by atomic mass is 9.95. The van der Waals surface area contributed by atoms with Gasteiger partial charge < -0.3 is 5.32 Å². The molecule has 0 aliphatic carbocycles. The number of rotatable bonds is 3. The van der Waals surface area contributed by atoms with Crippen LogP contribution in [-0.4, -0.2) is 5.91 Å². The van der Waals surface area contributed by atoms with Crippen LogP contribution in [0.4, 0.5) is 0 Å². The van der Waals surface area contributed by atoms with Gasteiger partial charge in [-0.25, -0.2) is 0 Å². The molecule has 2 rings (SSSR count). The molecule has 92 valence electrons. The highest BCUT2D eigenvalue weighted by atomic mass is 16.1. The zero-order chi connectivity index (χ0) is 13.0. The van der Waals surface area contributed by atoms with E-state index in [0.29, 0.717) is 0 Å². The van der Waals surface area contributed by atoms with Crippen LogP contribution in [0.3, 0.4) is 0 Å². The van der Waals surface area contributed by atoms with Crippen LogP contribution in [0.5, 0.6) is 0 Å². The zero-order valence-electron chi connectivity index (χ0n) is 10.7. The van der Waals surface area contributed by atoms with E-state index in [1.165, 1.54) is 5.56 Å². The van der Waals surface area contributed by atoms with Crippen molar-refractivity contribution in [2.24, 2.45) is 0 Å². The van der Waals surface area contributed by atoms with Gasteiger partial charge in [-0.2, -0.15) is 0 Å². The summed E-state index contributed by atoms with van der Waals surface area (Å²) in [7, 11) is 0. The molecule has 1 N–H and O–H groups in total. The molecule has 0 radical (unpaired) electrons. The second kappa shape index (κ2) is 5.50. The van der Waals surface area contributed by atoms with Crippen LogP contribution in [0.1, 0.15) is 29.7 Å². The number of hydrogen-bond donors (Lipinski definition) is 1. The molecule has 2 aromatic carbocycles. The Hall–Kier alpha value is -2.09. The monoisotopic (exact) mass is 239 g/mol. The minimum atomic E-state index is -0.0788. The predicted octanol–water partition coefficient (Wildman–Crippen LogP) is 3.22. The summed E-state index contributed by atoms with van der Waals surface area (Å²) in [6.07, 6.45) is 0. The first-order valence-corrected chi connectivity index (χ1v) is 6.06. The van der Waals surface area contributed by atoms with Gasteiger partial charge in [0.2, 0.25) is 5.91 Å². The molecular weight excluding hydrogens is 222 g/mol. The smallest absolute Gasteiger partial charge is 0.217 e. The molecule has 1 amide bonds. The summed E-state index contributed by atoms with van der Waals surface area (Å²) in [5.41, 5.74) is 3.42. The van der Waals surface area contributed by atoms with Crippen LogP contribution in [0.2, 0.25) is 0 Å². The molecule has 0 aliphatic heterocycles. The molecule has 0 saturated carbocycles. The number of carbonyl (C=O) groups is 1. The molecule has 0 aliphatic rings. The lowest BCUT2D eigenvalue weighted by Gasteiger charge is -2.20. The first-order chi connectivity index (χ1) is 8.68. The van der Waals surface area contributed by atoms with Crippen molar-refractivity contribution in [1.29, 1.82) is 0 Å². The van der Waals surface area contributed by atoms with Crippen molar-refractivity contribution in [2.45, 2.75) is 19.9 Å². The summed E-state index contributed by atoms with van der Waals surface area (Å²) in [6.45, 7) is 3.61. The van der Waals surface area contributed by atoms with E-state index in [1.807, 2.05) is 42.5 Å². The number of aryl methyl sites for hydroxylation is 1.